The first kappa shape index (κ1) is 11.2. The topological polar surface area (TPSA) is 47.6 Å². The molecule has 0 aliphatic rings. The van der Waals surface area contributed by atoms with E-state index in [1.165, 1.54) is 12.1 Å². The molecule has 1 aromatic carbocycles. The van der Waals surface area contributed by atoms with Crippen molar-refractivity contribution in [3.63, 3.8) is 0 Å². The molecule has 0 unspecified atom stereocenters. The summed E-state index contributed by atoms with van der Waals surface area (Å²) < 4.78 is 26.0. The molecule has 0 saturated carbocycles. The fourth-order valence-corrected chi connectivity index (χ4v) is 1.11. The van der Waals surface area contributed by atoms with Crippen LogP contribution >= 0.6 is 11.6 Å². The lowest BCUT2D eigenvalue weighted by atomic mass is 10.1. The van der Waals surface area contributed by atoms with Crippen LogP contribution in [0.1, 0.15) is 5.56 Å². The molecule has 0 aliphatic heterocycles. The normalized spacial score (nSPS) is 8.87. The Hall–Kier alpha value is -1.91. The lowest BCUT2D eigenvalue weighted by Gasteiger charge is -2.00. The first-order chi connectivity index (χ1) is 7.10. The summed E-state index contributed by atoms with van der Waals surface area (Å²) >= 11 is 5.59. The maximum absolute atomic E-state index is 13.2. The zero-order valence-corrected chi connectivity index (χ0v) is 8.02. The second-order valence-electron chi connectivity index (χ2n) is 2.54. The van der Waals surface area contributed by atoms with Crippen molar-refractivity contribution in [1.82, 2.24) is 0 Å². The quantitative estimate of drug-likeness (QED) is 0.544. The monoisotopic (exact) mass is 224 g/mol. The van der Waals surface area contributed by atoms with Crippen LogP contribution in [-0.4, -0.2) is 0 Å². The van der Waals surface area contributed by atoms with Crippen molar-refractivity contribution in [3.05, 3.63) is 39.9 Å². The largest absolute Gasteiger partial charge is 0.204 e. The first-order valence-electron chi connectivity index (χ1n) is 3.75. The van der Waals surface area contributed by atoms with E-state index in [-0.39, 0.29) is 16.2 Å². The van der Waals surface area contributed by atoms with Gasteiger partial charge in [-0.05, 0) is 18.2 Å². The van der Waals surface area contributed by atoms with Crippen molar-refractivity contribution in [2.45, 2.75) is 0 Å². The third-order valence-electron chi connectivity index (χ3n) is 1.61. The number of allylic oxidation sites excluding steroid dienone is 1. The molecular formula is C10H3ClF2N2. The minimum atomic E-state index is -1.18. The molecule has 0 amide bonds. The van der Waals surface area contributed by atoms with Crippen molar-refractivity contribution in [2.75, 3.05) is 0 Å². The predicted molar refractivity (Wildman–Crippen MR) is 50.6 cm³/mol. The summed E-state index contributed by atoms with van der Waals surface area (Å²) in [6.07, 6.45) is 0.904. The van der Waals surface area contributed by atoms with Crippen LogP contribution in [0.3, 0.4) is 0 Å². The second kappa shape index (κ2) is 4.54. The molecular weight excluding hydrogens is 222 g/mol. The lowest BCUT2D eigenvalue weighted by Crippen LogP contribution is -1.90. The van der Waals surface area contributed by atoms with Crippen LogP contribution in [0.5, 0.6) is 0 Å². The molecule has 0 spiro atoms. The van der Waals surface area contributed by atoms with Crippen LogP contribution in [0.25, 0.3) is 6.08 Å². The van der Waals surface area contributed by atoms with Gasteiger partial charge in [-0.15, -0.1) is 0 Å². The van der Waals surface area contributed by atoms with E-state index in [9.17, 15) is 8.78 Å². The molecule has 0 atom stereocenters. The van der Waals surface area contributed by atoms with Crippen LogP contribution < -0.4 is 0 Å². The number of hydrogen-bond donors (Lipinski definition) is 0. The van der Waals surface area contributed by atoms with Crippen molar-refractivity contribution >= 4 is 17.7 Å². The van der Waals surface area contributed by atoms with Gasteiger partial charge in [-0.3, -0.25) is 0 Å². The molecule has 15 heavy (non-hydrogen) atoms. The number of halogens is 3. The van der Waals surface area contributed by atoms with Gasteiger partial charge in [0.2, 0.25) is 0 Å². The van der Waals surface area contributed by atoms with Gasteiger partial charge in [-0.2, -0.15) is 10.5 Å². The first-order valence-corrected chi connectivity index (χ1v) is 4.13. The fourth-order valence-electron chi connectivity index (χ4n) is 0.909. The zero-order valence-electron chi connectivity index (χ0n) is 7.26. The molecule has 0 aromatic heterocycles. The maximum atomic E-state index is 13.2. The van der Waals surface area contributed by atoms with E-state index in [1.54, 1.807) is 0 Å². The van der Waals surface area contributed by atoms with Crippen molar-refractivity contribution in [1.29, 1.82) is 10.5 Å². The minimum absolute atomic E-state index is 0.0584. The maximum Gasteiger partial charge on any atom is 0.167 e. The standard InChI is InChI=1S/C10H3ClF2N2/c11-8-1-2-9(12)10(13)7(8)3-6(4-14)5-15/h1-3H. The molecule has 1 aromatic rings. The summed E-state index contributed by atoms with van der Waals surface area (Å²) in [5.41, 5.74) is -0.642. The highest BCUT2D eigenvalue weighted by atomic mass is 35.5. The third kappa shape index (κ3) is 2.31. The van der Waals surface area contributed by atoms with E-state index >= 15 is 0 Å². The van der Waals surface area contributed by atoms with Gasteiger partial charge in [0.15, 0.2) is 11.6 Å². The van der Waals surface area contributed by atoms with E-state index in [2.05, 4.69) is 0 Å². The van der Waals surface area contributed by atoms with E-state index in [0.29, 0.717) is 0 Å². The van der Waals surface area contributed by atoms with Crippen LogP contribution in [0.15, 0.2) is 17.7 Å². The van der Waals surface area contributed by atoms with E-state index in [1.807, 2.05) is 0 Å². The van der Waals surface area contributed by atoms with Crippen LogP contribution in [0, 0.1) is 34.3 Å². The molecule has 0 N–H and O–H groups in total. The van der Waals surface area contributed by atoms with Gasteiger partial charge in [0.25, 0.3) is 0 Å². The van der Waals surface area contributed by atoms with Gasteiger partial charge in [0, 0.05) is 5.56 Å². The predicted octanol–water partition coefficient (Wildman–Crippen LogP) is 3.05. The summed E-state index contributed by atoms with van der Waals surface area (Å²) in [6.45, 7) is 0. The summed E-state index contributed by atoms with van der Waals surface area (Å²) in [7, 11) is 0. The third-order valence-corrected chi connectivity index (χ3v) is 1.94. The van der Waals surface area contributed by atoms with E-state index < -0.39 is 11.6 Å². The van der Waals surface area contributed by atoms with E-state index in [0.717, 1.165) is 18.2 Å². The highest BCUT2D eigenvalue weighted by Gasteiger charge is 2.11. The number of rotatable bonds is 1. The highest BCUT2D eigenvalue weighted by molar-refractivity contribution is 6.32. The van der Waals surface area contributed by atoms with Crippen LogP contribution in [0.2, 0.25) is 5.02 Å². The Bertz CT molecular complexity index is 493. The Morgan fingerprint density at radius 2 is 1.87 bits per heavy atom. The molecule has 0 fully saturated rings. The van der Waals surface area contributed by atoms with E-state index in [4.69, 9.17) is 22.1 Å². The average Bonchev–Trinajstić information content (AvgIpc) is 2.24. The van der Waals surface area contributed by atoms with Gasteiger partial charge in [-0.25, -0.2) is 8.78 Å². The molecule has 0 aliphatic carbocycles. The number of hydrogen-bond acceptors (Lipinski definition) is 2. The Labute approximate surface area is 89.6 Å². The summed E-state index contributed by atoms with van der Waals surface area (Å²) in [5, 5.41) is 16.8. The minimum Gasteiger partial charge on any atom is -0.204 e. The summed E-state index contributed by atoms with van der Waals surface area (Å²) in [6, 6.07) is 5.07. The second-order valence-corrected chi connectivity index (χ2v) is 2.95. The van der Waals surface area contributed by atoms with Gasteiger partial charge >= 0.3 is 0 Å². The Morgan fingerprint density at radius 3 is 2.40 bits per heavy atom. The number of nitrogens with zero attached hydrogens (tertiary/aromatic N) is 2. The molecule has 0 saturated heterocycles. The molecule has 0 heterocycles. The van der Waals surface area contributed by atoms with Crippen molar-refractivity contribution in [3.8, 4) is 12.1 Å². The molecule has 0 radical (unpaired) electrons. The van der Waals surface area contributed by atoms with Gasteiger partial charge in [0.1, 0.15) is 17.7 Å². The summed E-state index contributed by atoms with van der Waals surface area (Å²) in [4.78, 5) is 0. The summed E-state index contributed by atoms with van der Waals surface area (Å²) in [5.74, 6) is -2.26. The van der Waals surface area contributed by atoms with Crippen LogP contribution in [0.4, 0.5) is 8.78 Å². The molecule has 74 valence electrons. The average molecular weight is 225 g/mol. The smallest absolute Gasteiger partial charge is 0.167 e. The Balaban J connectivity index is 3.40. The number of nitriles is 2. The zero-order chi connectivity index (χ0) is 11.4. The lowest BCUT2D eigenvalue weighted by molar-refractivity contribution is 0.507. The van der Waals surface area contributed by atoms with Gasteiger partial charge < -0.3 is 0 Å². The molecule has 1 rings (SSSR count). The SMILES string of the molecule is N#CC(C#N)=Cc1c(Cl)ccc(F)c1F. The van der Waals surface area contributed by atoms with Gasteiger partial charge in [-0.1, -0.05) is 11.6 Å². The van der Waals surface area contributed by atoms with Gasteiger partial charge in [0.05, 0.1) is 5.02 Å². The molecule has 2 nitrogen and oxygen atoms in total. The van der Waals surface area contributed by atoms with Crippen molar-refractivity contribution < 1.29 is 8.78 Å². The van der Waals surface area contributed by atoms with Crippen molar-refractivity contribution in [2.24, 2.45) is 0 Å². The Morgan fingerprint density at radius 1 is 1.27 bits per heavy atom. The molecule has 5 heteroatoms. The van der Waals surface area contributed by atoms with Crippen LogP contribution in [-0.2, 0) is 0 Å². The number of benzene rings is 1. The highest BCUT2D eigenvalue weighted by Crippen LogP contribution is 2.23. The molecule has 0 bridgehead atoms. The Kier molecular flexibility index (Phi) is 3.38. The fraction of sp³-hybridized carbons (Fsp3) is 0.